The molecule has 0 spiro atoms. The minimum atomic E-state index is -0.00379. The standard InChI is InChI=1S/C21H25N5O2S/c1-15(2)25(17-7-5-4-6-8-17)20(27)14-29-21-24-23-19(26(21)22)13-16-9-11-18(28-3)12-10-16/h4-12,15H,13-14,22H2,1-3H3. The van der Waals surface area contributed by atoms with Crippen LogP contribution in [0.4, 0.5) is 5.69 Å². The summed E-state index contributed by atoms with van der Waals surface area (Å²) in [6, 6.07) is 17.4. The molecule has 2 N–H and O–H groups in total. The average molecular weight is 412 g/mol. The van der Waals surface area contributed by atoms with Gasteiger partial charge in [0.05, 0.1) is 12.9 Å². The molecule has 0 bridgehead atoms. The summed E-state index contributed by atoms with van der Waals surface area (Å²) >= 11 is 1.29. The van der Waals surface area contributed by atoms with E-state index in [9.17, 15) is 4.79 Å². The van der Waals surface area contributed by atoms with Crippen LogP contribution in [0, 0.1) is 0 Å². The molecule has 29 heavy (non-hydrogen) atoms. The van der Waals surface area contributed by atoms with Crippen molar-refractivity contribution in [3.63, 3.8) is 0 Å². The number of nitrogens with two attached hydrogens (primary N) is 1. The molecule has 0 aliphatic heterocycles. The molecular weight excluding hydrogens is 386 g/mol. The third-order valence-electron chi connectivity index (χ3n) is 4.40. The number of benzene rings is 2. The smallest absolute Gasteiger partial charge is 0.237 e. The van der Waals surface area contributed by atoms with Gasteiger partial charge in [-0.25, -0.2) is 4.68 Å². The quantitative estimate of drug-likeness (QED) is 0.453. The fourth-order valence-electron chi connectivity index (χ4n) is 2.97. The van der Waals surface area contributed by atoms with E-state index in [0.717, 1.165) is 17.0 Å². The number of amides is 1. The summed E-state index contributed by atoms with van der Waals surface area (Å²) in [4.78, 5) is 14.6. The molecule has 2 aromatic carbocycles. The zero-order valence-corrected chi connectivity index (χ0v) is 17.6. The van der Waals surface area contributed by atoms with E-state index in [1.165, 1.54) is 16.4 Å². The fraction of sp³-hybridized carbons (Fsp3) is 0.286. The molecule has 0 saturated carbocycles. The van der Waals surface area contributed by atoms with E-state index >= 15 is 0 Å². The molecule has 0 aliphatic carbocycles. The first-order valence-corrected chi connectivity index (χ1v) is 10.3. The zero-order valence-electron chi connectivity index (χ0n) is 16.8. The molecule has 0 fully saturated rings. The van der Waals surface area contributed by atoms with E-state index in [2.05, 4.69) is 10.2 Å². The predicted octanol–water partition coefficient (Wildman–Crippen LogP) is 3.13. The lowest BCUT2D eigenvalue weighted by molar-refractivity contribution is -0.116. The minimum absolute atomic E-state index is 0.00379. The first-order valence-electron chi connectivity index (χ1n) is 9.31. The maximum Gasteiger partial charge on any atom is 0.237 e. The van der Waals surface area contributed by atoms with Crippen LogP contribution in [0.3, 0.4) is 0 Å². The number of carbonyl (C=O) groups is 1. The lowest BCUT2D eigenvalue weighted by Gasteiger charge is -2.26. The monoisotopic (exact) mass is 411 g/mol. The lowest BCUT2D eigenvalue weighted by atomic mass is 10.1. The van der Waals surface area contributed by atoms with Crippen molar-refractivity contribution in [2.75, 3.05) is 23.6 Å². The highest BCUT2D eigenvalue weighted by atomic mass is 32.2. The molecule has 0 atom stereocenters. The van der Waals surface area contributed by atoms with Gasteiger partial charge in [0.25, 0.3) is 0 Å². The second kappa shape index (κ2) is 9.47. The highest BCUT2D eigenvalue weighted by Gasteiger charge is 2.20. The summed E-state index contributed by atoms with van der Waals surface area (Å²) < 4.78 is 6.62. The van der Waals surface area contributed by atoms with Gasteiger partial charge in [0.15, 0.2) is 5.82 Å². The molecular formula is C21H25N5O2S. The van der Waals surface area contributed by atoms with Crippen LogP contribution >= 0.6 is 11.8 Å². The van der Waals surface area contributed by atoms with E-state index in [-0.39, 0.29) is 17.7 Å². The van der Waals surface area contributed by atoms with Gasteiger partial charge in [0, 0.05) is 18.2 Å². The number of aromatic nitrogens is 3. The number of hydrogen-bond donors (Lipinski definition) is 1. The number of anilines is 1. The van der Waals surface area contributed by atoms with Gasteiger partial charge in [-0.1, -0.05) is 42.1 Å². The second-order valence-electron chi connectivity index (χ2n) is 6.78. The Balaban J connectivity index is 1.65. The summed E-state index contributed by atoms with van der Waals surface area (Å²) in [7, 11) is 1.63. The van der Waals surface area contributed by atoms with E-state index in [1.54, 1.807) is 12.0 Å². The van der Waals surface area contributed by atoms with Gasteiger partial charge in [0.2, 0.25) is 11.1 Å². The Morgan fingerprint density at radius 2 is 1.83 bits per heavy atom. The van der Waals surface area contributed by atoms with Crippen molar-refractivity contribution in [2.45, 2.75) is 31.5 Å². The van der Waals surface area contributed by atoms with Gasteiger partial charge in [-0.3, -0.25) is 4.79 Å². The number of ether oxygens (including phenoxy) is 1. The van der Waals surface area contributed by atoms with Gasteiger partial charge >= 0.3 is 0 Å². The van der Waals surface area contributed by atoms with Gasteiger partial charge in [-0.15, -0.1) is 10.2 Å². The largest absolute Gasteiger partial charge is 0.497 e. The number of nitrogens with zero attached hydrogens (tertiary/aromatic N) is 4. The molecule has 0 aliphatic rings. The average Bonchev–Trinajstić information content (AvgIpc) is 3.07. The summed E-state index contributed by atoms with van der Waals surface area (Å²) in [5.74, 6) is 7.82. The number of carbonyl (C=O) groups excluding carboxylic acids is 1. The first-order chi connectivity index (χ1) is 14.0. The second-order valence-corrected chi connectivity index (χ2v) is 7.72. The molecule has 1 amide bonds. The molecule has 0 radical (unpaired) electrons. The van der Waals surface area contributed by atoms with Crippen LogP contribution in [0.25, 0.3) is 0 Å². The van der Waals surface area contributed by atoms with Crippen LogP contribution in [0.2, 0.25) is 0 Å². The van der Waals surface area contributed by atoms with Crippen molar-refractivity contribution in [3.05, 3.63) is 66.0 Å². The third kappa shape index (κ3) is 5.08. The fourth-order valence-corrected chi connectivity index (χ4v) is 3.70. The summed E-state index contributed by atoms with van der Waals surface area (Å²) in [6.07, 6.45) is 0.546. The Morgan fingerprint density at radius 3 is 2.45 bits per heavy atom. The first kappa shape index (κ1) is 20.7. The summed E-state index contributed by atoms with van der Waals surface area (Å²) in [5, 5.41) is 8.84. The number of rotatable bonds is 8. The number of thioether (sulfide) groups is 1. The normalized spacial score (nSPS) is 10.9. The van der Waals surface area contributed by atoms with Crippen molar-refractivity contribution >= 4 is 23.4 Å². The highest BCUT2D eigenvalue weighted by molar-refractivity contribution is 7.99. The molecule has 1 aromatic heterocycles. The maximum absolute atomic E-state index is 12.8. The van der Waals surface area contributed by atoms with Crippen LogP contribution in [0.5, 0.6) is 5.75 Å². The molecule has 7 nitrogen and oxygen atoms in total. The van der Waals surface area contributed by atoms with Crippen molar-refractivity contribution in [2.24, 2.45) is 0 Å². The molecule has 0 saturated heterocycles. The van der Waals surface area contributed by atoms with Crippen LogP contribution in [0.15, 0.2) is 59.8 Å². The van der Waals surface area contributed by atoms with Crippen molar-refractivity contribution in [1.29, 1.82) is 0 Å². The number of hydrogen-bond acceptors (Lipinski definition) is 6. The number of methoxy groups -OCH3 is 1. The summed E-state index contributed by atoms with van der Waals surface area (Å²) in [6.45, 7) is 3.99. The Bertz CT molecular complexity index is 941. The molecule has 0 unspecified atom stereocenters. The van der Waals surface area contributed by atoms with Crippen LogP contribution in [0.1, 0.15) is 25.2 Å². The highest BCUT2D eigenvalue weighted by Crippen LogP contribution is 2.22. The Kier molecular flexibility index (Phi) is 6.77. The molecule has 3 aromatic rings. The Morgan fingerprint density at radius 1 is 1.14 bits per heavy atom. The zero-order chi connectivity index (χ0) is 20.8. The molecule has 1 heterocycles. The third-order valence-corrected chi connectivity index (χ3v) is 5.33. The minimum Gasteiger partial charge on any atom is -0.497 e. The van der Waals surface area contributed by atoms with E-state index in [1.807, 2.05) is 68.4 Å². The Hall–Kier alpha value is -3.00. The molecule has 3 rings (SSSR count). The Labute approximate surface area is 174 Å². The lowest BCUT2D eigenvalue weighted by Crippen LogP contribution is -2.38. The van der Waals surface area contributed by atoms with Gasteiger partial charge < -0.3 is 15.5 Å². The van der Waals surface area contributed by atoms with Gasteiger partial charge in [0.1, 0.15) is 5.75 Å². The van der Waals surface area contributed by atoms with E-state index in [0.29, 0.717) is 17.4 Å². The van der Waals surface area contributed by atoms with Crippen LogP contribution < -0.4 is 15.5 Å². The van der Waals surface area contributed by atoms with Crippen molar-refractivity contribution in [3.8, 4) is 5.75 Å². The van der Waals surface area contributed by atoms with Gasteiger partial charge in [-0.2, -0.15) is 0 Å². The number of nitrogen functional groups attached to an aromatic ring is 1. The van der Waals surface area contributed by atoms with Crippen molar-refractivity contribution < 1.29 is 9.53 Å². The SMILES string of the molecule is COc1ccc(Cc2nnc(SCC(=O)N(c3ccccc3)C(C)C)n2N)cc1. The molecule has 8 heteroatoms. The maximum atomic E-state index is 12.8. The van der Waals surface area contributed by atoms with Gasteiger partial charge in [-0.05, 0) is 43.7 Å². The number of para-hydroxylation sites is 1. The van der Waals surface area contributed by atoms with Crippen LogP contribution in [-0.2, 0) is 11.2 Å². The van der Waals surface area contributed by atoms with Crippen molar-refractivity contribution in [1.82, 2.24) is 14.9 Å². The van der Waals surface area contributed by atoms with E-state index in [4.69, 9.17) is 10.6 Å². The topological polar surface area (TPSA) is 86.3 Å². The van der Waals surface area contributed by atoms with E-state index < -0.39 is 0 Å². The molecule has 152 valence electrons. The predicted molar refractivity (Wildman–Crippen MR) is 116 cm³/mol. The van der Waals surface area contributed by atoms with Crippen LogP contribution in [-0.4, -0.2) is 39.7 Å². The summed E-state index contributed by atoms with van der Waals surface area (Å²) in [5.41, 5.74) is 1.93.